The lowest BCUT2D eigenvalue weighted by Crippen LogP contribution is -2.30. The SMILES string of the molecule is CC(C)(C)c1cccc(OC2CCCCCC2O)c1. The number of benzene rings is 1. The number of aliphatic hydroxyl groups is 1. The van der Waals surface area contributed by atoms with Crippen LogP contribution in [0.4, 0.5) is 0 Å². The van der Waals surface area contributed by atoms with Crippen LogP contribution in [0.1, 0.15) is 58.4 Å². The van der Waals surface area contributed by atoms with E-state index in [1.807, 2.05) is 12.1 Å². The van der Waals surface area contributed by atoms with Crippen LogP contribution in [-0.2, 0) is 5.41 Å². The molecule has 0 aliphatic heterocycles. The van der Waals surface area contributed by atoms with Gasteiger partial charge in [-0.05, 0) is 42.4 Å². The molecule has 0 saturated heterocycles. The summed E-state index contributed by atoms with van der Waals surface area (Å²) in [5.41, 5.74) is 1.40. The summed E-state index contributed by atoms with van der Waals surface area (Å²) >= 11 is 0. The van der Waals surface area contributed by atoms with Crippen LogP contribution in [-0.4, -0.2) is 17.3 Å². The summed E-state index contributed by atoms with van der Waals surface area (Å²) in [5.74, 6) is 0.887. The molecular formula is C17H26O2. The number of ether oxygens (including phenoxy) is 1. The van der Waals surface area contributed by atoms with Crippen molar-refractivity contribution in [2.45, 2.75) is 70.5 Å². The lowest BCUT2D eigenvalue weighted by molar-refractivity contribution is 0.0319. The van der Waals surface area contributed by atoms with Crippen molar-refractivity contribution in [1.82, 2.24) is 0 Å². The van der Waals surface area contributed by atoms with Crippen LogP contribution in [0.15, 0.2) is 24.3 Å². The molecule has 1 aromatic rings. The summed E-state index contributed by atoms with van der Waals surface area (Å²) in [4.78, 5) is 0. The molecule has 106 valence electrons. The minimum Gasteiger partial charge on any atom is -0.488 e. The summed E-state index contributed by atoms with van der Waals surface area (Å²) in [5, 5.41) is 10.1. The normalized spacial score (nSPS) is 24.8. The van der Waals surface area contributed by atoms with Crippen LogP contribution in [0.25, 0.3) is 0 Å². The molecule has 1 fully saturated rings. The van der Waals surface area contributed by atoms with E-state index in [-0.39, 0.29) is 17.6 Å². The minimum atomic E-state index is -0.319. The predicted molar refractivity (Wildman–Crippen MR) is 78.6 cm³/mol. The summed E-state index contributed by atoms with van der Waals surface area (Å²) < 4.78 is 6.03. The maximum atomic E-state index is 10.1. The van der Waals surface area contributed by atoms with Gasteiger partial charge in [-0.3, -0.25) is 0 Å². The Balaban J connectivity index is 2.09. The Morgan fingerprint density at radius 1 is 1.11 bits per heavy atom. The molecule has 1 N–H and O–H groups in total. The fourth-order valence-corrected chi connectivity index (χ4v) is 2.60. The van der Waals surface area contributed by atoms with Crippen molar-refractivity contribution in [3.8, 4) is 5.75 Å². The number of aliphatic hydroxyl groups excluding tert-OH is 1. The molecular weight excluding hydrogens is 236 g/mol. The molecule has 1 aliphatic rings. The maximum Gasteiger partial charge on any atom is 0.124 e. The van der Waals surface area contributed by atoms with Gasteiger partial charge in [0.15, 0.2) is 0 Å². The average Bonchev–Trinajstić information content (AvgIpc) is 2.54. The third-order valence-electron chi connectivity index (χ3n) is 3.91. The van der Waals surface area contributed by atoms with E-state index in [0.717, 1.165) is 31.4 Å². The Hall–Kier alpha value is -1.02. The second-order valence-electron chi connectivity index (χ2n) is 6.64. The molecule has 0 bridgehead atoms. The zero-order valence-electron chi connectivity index (χ0n) is 12.4. The first kappa shape index (κ1) is 14.4. The van der Waals surface area contributed by atoms with Crippen molar-refractivity contribution in [2.24, 2.45) is 0 Å². The number of hydrogen-bond donors (Lipinski definition) is 1. The van der Waals surface area contributed by atoms with Gasteiger partial charge in [-0.2, -0.15) is 0 Å². The van der Waals surface area contributed by atoms with Gasteiger partial charge in [-0.1, -0.05) is 45.7 Å². The Bertz CT molecular complexity index is 406. The van der Waals surface area contributed by atoms with Crippen molar-refractivity contribution in [1.29, 1.82) is 0 Å². The first-order valence-corrected chi connectivity index (χ1v) is 7.42. The lowest BCUT2D eigenvalue weighted by Gasteiger charge is -2.24. The highest BCUT2D eigenvalue weighted by Gasteiger charge is 2.23. The third-order valence-corrected chi connectivity index (χ3v) is 3.91. The van der Waals surface area contributed by atoms with Gasteiger partial charge in [-0.25, -0.2) is 0 Å². The first-order chi connectivity index (χ1) is 8.97. The van der Waals surface area contributed by atoms with Gasteiger partial charge in [0.25, 0.3) is 0 Å². The largest absolute Gasteiger partial charge is 0.488 e. The molecule has 19 heavy (non-hydrogen) atoms. The summed E-state index contributed by atoms with van der Waals surface area (Å²) in [6.45, 7) is 6.60. The molecule has 2 atom stereocenters. The van der Waals surface area contributed by atoms with E-state index in [2.05, 4.69) is 32.9 Å². The van der Waals surface area contributed by atoms with Crippen LogP contribution in [0, 0.1) is 0 Å². The standard InChI is InChI=1S/C17H26O2/c1-17(2,3)13-8-7-9-14(12-13)19-16-11-6-4-5-10-15(16)18/h7-9,12,15-16,18H,4-6,10-11H2,1-3H3. The summed E-state index contributed by atoms with van der Waals surface area (Å²) in [7, 11) is 0. The van der Waals surface area contributed by atoms with Crippen molar-refractivity contribution in [3.63, 3.8) is 0 Å². The van der Waals surface area contributed by atoms with E-state index in [1.165, 1.54) is 12.0 Å². The van der Waals surface area contributed by atoms with Gasteiger partial charge in [0.2, 0.25) is 0 Å². The van der Waals surface area contributed by atoms with Crippen LogP contribution in [0.5, 0.6) is 5.75 Å². The fourth-order valence-electron chi connectivity index (χ4n) is 2.60. The van der Waals surface area contributed by atoms with Crippen molar-refractivity contribution in [3.05, 3.63) is 29.8 Å². The number of hydrogen-bond acceptors (Lipinski definition) is 2. The second kappa shape index (κ2) is 5.96. The van der Waals surface area contributed by atoms with Gasteiger partial charge in [0.1, 0.15) is 11.9 Å². The van der Waals surface area contributed by atoms with Crippen LogP contribution in [0.3, 0.4) is 0 Å². The van der Waals surface area contributed by atoms with Crippen molar-refractivity contribution in [2.75, 3.05) is 0 Å². The Labute approximate surface area is 116 Å². The van der Waals surface area contributed by atoms with E-state index in [9.17, 15) is 5.11 Å². The van der Waals surface area contributed by atoms with Gasteiger partial charge >= 0.3 is 0 Å². The molecule has 2 heteroatoms. The average molecular weight is 262 g/mol. The van der Waals surface area contributed by atoms with Gasteiger partial charge in [-0.15, -0.1) is 0 Å². The van der Waals surface area contributed by atoms with Crippen LogP contribution >= 0.6 is 0 Å². The Kier molecular flexibility index (Phi) is 4.51. The molecule has 2 rings (SSSR count). The smallest absolute Gasteiger partial charge is 0.124 e. The topological polar surface area (TPSA) is 29.5 Å². The van der Waals surface area contributed by atoms with E-state index < -0.39 is 0 Å². The van der Waals surface area contributed by atoms with E-state index in [0.29, 0.717) is 0 Å². The Morgan fingerprint density at radius 3 is 2.58 bits per heavy atom. The van der Waals surface area contributed by atoms with Gasteiger partial charge in [0, 0.05) is 0 Å². The van der Waals surface area contributed by atoms with Crippen molar-refractivity contribution >= 4 is 0 Å². The molecule has 0 radical (unpaired) electrons. The molecule has 0 amide bonds. The molecule has 0 heterocycles. The van der Waals surface area contributed by atoms with Gasteiger partial charge in [0.05, 0.1) is 6.10 Å². The zero-order chi connectivity index (χ0) is 13.9. The predicted octanol–water partition coefficient (Wildman–Crippen LogP) is 4.06. The fraction of sp³-hybridized carbons (Fsp3) is 0.647. The van der Waals surface area contributed by atoms with Gasteiger partial charge < -0.3 is 9.84 Å². The highest BCUT2D eigenvalue weighted by molar-refractivity contribution is 5.32. The third kappa shape index (κ3) is 3.97. The molecule has 2 unspecified atom stereocenters. The quantitative estimate of drug-likeness (QED) is 0.815. The molecule has 2 nitrogen and oxygen atoms in total. The summed E-state index contributed by atoms with van der Waals surface area (Å²) in [6.07, 6.45) is 4.94. The minimum absolute atomic E-state index is 0.0438. The van der Waals surface area contributed by atoms with Crippen molar-refractivity contribution < 1.29 is 9.84 Å². The second-order valence-corrected chi connectivity index (χ2v) is 6.64. The molecule has 0 spiro atoms. The van der Waals surface area contributed by atoms with Crippen LogP contribution < -0.4 is 4.74 Å². The summed E-state index contributed by atoms with van der Waals surface area (Å²) in [6, 6.07) is 8.28. The first-order valence-electron chi connectivity index (χ1n) is 7.42. The number of rotatable bonds is 2. The maximum absolute atomic E-state index is 10.1. The molecule has 1 saturated carbocycles. The lowest BCUT2D eigenvalue weighted by atomic mass is 9.87. The Morgan fingerprint density at radius 2 is 1.84 bits per heavy atom. The molecule has 1 aliphatic carbocycles. The zero-order valence-corrected chi connectivity index (χ0v) is 12.4. The molecule has 0 aromatic heterocycles. The molecule has 1 aromatic carbocycles. The van der Waals surface area contributed by atoms with Crippen LogP contribution in [0.2, 0.25) is 0 Å². The monoisotopic (exact) mass is 262 g/mol. The van der Waals surface area contributed by atoms with E-state index in [1.54, 1.807) is 0 Å². The van der Waals surface area contributed by atoms with E-state index >= 15 is 0 Å². The highest BCUT2D eigenvalue weighted by Crippen LogP contribution is 2.28. The van der Waals surface area contributed by atoms with E-state index in [4.69, 9.17) is 4.74 Å². The highest BCUT2D eigenvalue weighted by atomic mass is 16.5.